The van der Waals surface area contributed by atoms with Crippen LogP contribution < -0.4 is 5.32 Å². The molecule has 0 aromatic carbocycles. The van der Waals surface area contributed by atoms with Crippen LogP contribution in [0.15, 0.2) is 0 Å². The second kappa shape index (κ2) is 5.15. The number of hydrogen-bond donors (Lipinski definition) is 2. The standard InChI is InChI=1S/C5H8FNO5S2/c1-3(8)7-4(5(9)10)2-13-14(6,11)12/h4H,2H2,1H3,(H,7,8)(H,9,10)/t4-/m0/s1. The zero-order chi connectivity index (χ0) is 11.4. The van der Waals surface area contributed by atoms with Gasteiger partial charge >= 0.3 is 15.2 Å². The molecule has 0 radical (unpaired) electrons. The molecule has 2 N–H and O–H groups in total. The van der Waals surface area contributed by atoms with Gasteiger partial charge in [-0.25, -0.2) is 4.79 Å². The van der Waals surface area contributed by atoms with Gasteiger partial charge in [0.05, 0.1) is 0 Å². The van der Waals surface area contributed by atoms with Crippen molar-refractivity contribution in [2.24, 2.45) is 0 Å². The molecule has 0 unspecified atom stereocenters. The maximum atomic E-state index is 12.0. The summed E-state index contributed by atoms with van der Waals surface area (Å²) in [5, 5.41) is 10.4. The van der Waals surface area contributed by atoms with Crippen molar-refractivity contribution in [3.8, 4) is 0 Å². The van der Waals surface area contributed by atoms with Gasteiger partial charge in [0.2, 0.25) is 5.91 Å². The summed E-state index contributed by atoms with van der Waals surface area (Å²) >= 11 is 0. The van der Waals surface area contributed by atoms with Crippen LogP contribution in [-0.4, -0.2) is 37.2 Å². The Morgan fingerprint density at radius 3 is 2.36 bits per heavy atom. The molecule has 82 valence electrons. The summed E-state index contributed by atoms with van der Waals surface area (Å²) in [7, 11) is -4.96. The Hall–Kier alpha value is -0.830. The molecule has 14 heavy (non-hydrogen) atoms. The first-order valence-electron chi connectivity index (χ1n) is 3.31. The molecule has 0 bridgehead atoms. The van der Waals surface area contributed by atoms with E-state index in [1.165, 1.54) is 0 Å². The third-order valence-corrected chi connectivity index (χ3v) is 3.05. The minimum Gasteiger partial charge on any atom is -0.480 e. The summed E-state index contributed by atoms with van der Waals surface area (Å²) in [6.07, 6.45) is 0. The second-order valence-corrected chi connectivity index (χ2v) is 5.53. The van der Waals surface area contributed by atoms with E-state index in [9.17, 15) is 21.9 Å². The monoisotopic (exact) mass is 245 g/mol. The molecule has 0 heterocycles. The van der Waals surface area contributed by atoms with E-state index < -0.39 is 32.9 Å². The van der Waals surface area contributed by atoms with E-state index in [2.05, 4.69) is 0 Å². The zero-order valence-electron chi connectivity index (χ0n) is 7.06. The Balaban J connectivity index is 4.25. The average Bonchev–Trinajstić information content (AvgIpc) is 1.94. The molecule has 0 saturated heterocycles. The highest BCUT2D eigenvalue weighted by atomic mass is 33.2. The number of carbonyl (C=O) groups excluding carboxylic acids is 1. The van der Waals surface area contributed by atoms with Gasteiger partial charge in [0.1, 0.15) is 6.04 Å². The van der Waals surface area contributed by atoms with Crippen LogP contribution in [0.2, 0.25) is 0 Å². The SMILES string of the molecule is CC(=O)N[C@@H](CSS(=O)(=O)F)C(=O)O. The summed E-state index contributed by atoms with van der Waals surface area (Å²) in [5.74, 6) is -2.63. The summed E-state index contributed by atoms with van der Waals surface area (Å²) in [4.78, 5) is 20.9. The van der Waals surface area contributed by atoms with Crippen molar-refractivity contribution in [1.29, 1.82) is 0 Å². The first kappa shape index (κ1) is 13.2. The molecule has 0 aliphatic carbocycles. The normalized spacial score (nSPS) is 13.3. The Morgan fingerprint density at radius 2 is 2.07 bits per heavy atom. The smallest absolute Gasteiger partial charge is 0.357 e. The zero-order valence-corrected chi connectivity index (χ0v) is 8.69. The molecular weight excluding hydrogens is 237 g/mol. The van der Waals surface area contributed by atoms with Crippen LogP contribution in [0.1, 0.15) is 6.92 Å². The minimum atomic E-state index is -4.79. The third kappa shape index (κ3) is 6.66. The van der Waals surface area contributed by atoms with E-state index >= 15 is 0 Å². The lowest BCUT2D eigenvalue weighted by Crippen LogP contribution is -2.41. The van der Waals surface area contributed by atoms with Crippen LogP contribution in [0.4, 0.5) is 3.89 Å². The molecule has 9 heteroatoms. The van der Waals surface area contributed by atoms with Crippen LogP contribution in [0.3, 0.4) is 0 Å². The number of carboxylic acids is 1. The maximum absolute atomic E-state index is 12.0. The van der Waals surface area contributed by atoms with Crippen LogP contribution in [0.5, 0.6) is 0 Å². The average molecular weight is 245 g/mol. The van der Waals surface area contributed by atoms with Gasteiger partial charge in [0.15, 0.2) is 0 Å². The van der Waals surface area contributed by atoms with E-state index in [1.807, 2.05) is 5.32 Å². The van der Waals surface area contributed by atoms with Crippen molar-refractivity contribution < 1.29 is 27.0 Å². The molecule has 0 aliphatic heterocycles. The van der Waals surface area contributed by atoms with Crippen molar-refractivity contribution in [2.45, 2.75) is 13.0 Å². The van der Waals surface area contributed by atoms with Gasteiger partial charge in [0.25, 0.3) is 0 Å². The molecule has 0 saturated carbocycles. The Labute approximate surface area is 83.5 Å². The van der Waals surface area contributed by atoms with E-state index in [4.69, 9.17) is 5.11 Å². The Morgan fingerprint density at radius 1 is 1.57 bits per heavy atom. The second-order valence-electron chi connectivity index (χ2n) is 2.27. The fourth-order valence-electron chi connectivity index (χ4n) is 0.569. The fraction of sp³-hybridized carbons (Fsp3) is 0.600. The molecule has 0 rings (SSSR count). The van der Waals surface area contributed by atoms with Gasteiger partial charge in [0, 0.05) is 23.5 Å². The quantitative estimate of drug-likeness (QED) is 0.501. The van der Waals surface area contributed by atoms with Crippen molar-refractivity contribution in [3.63, 3.8) is 0 Å². The first-order chi connectivity index (χ1) is 6.22. The molecule has 0 spiro atoms. The number of halogens is 1. The highest BCUT2D eigenvalue weighted by Gasteiger charge is 2.21. The lowest BCUT2D eigenvalue weighted by Gasteiger charge is -2.10. The number of amides is 1. The largest absolute Gasteiger partial charge is 0.480 e. The van der Waals surface area contributed by atoms with Crippen molar-refractivity contribution in [3.05, 3.63) is 0 Å². The molecule has 1 amide bonds. The molecule has 0 aliphatic rings. The van der Waals surface area contributed by atoms with Gasteiger partial charge in [-0.2, -0.15) is 8.42 Å². The Bertz CT molecular complexity index is 327. The highest BCUT2D eigenvalue weighted by Crippen LogP contribution is 2.14. The molecule has 0 aromatic heterocycles. The highest BCUT2D eigenvalue weighted by molar-refractivity contribution is 8.70. The van der Waals surface area contributed by atoms with E-state index in [1.54, 1.807) is 0 Å². The predicted octanol–water partition coefficient (Wildman–Crippen LogP) is -0.477. The minimum absolute atomic E-state index is 0.178. The van der Waals surface area contributed by atoms with E-state index in [-0.39, 0.29) is 10.8 Å². The van der Waals surface area contributed by atoms with Gasteiger partial charge < -0.3 is 10.4 Å². The van der Waals surface area contributed by atoms with Crippen molar-refractivity contribution in [1.82, 2.24) is 5.32 Å². The fourth-order valence-corrected chi connectivity index (χ4v) is 1.99. The lowest BCUT2D eigenvalue weighted by molar-refractivity contribution is -0.140. The summed E-state index contributed by atoms with van der Waals surface area (Å²) in [5.41, 5.74) is 0. The van der Waals surface area contributed by atoms with Gasteiger partial charge in [-0.05, 0) is 0 Å². The molecule has 0 aromatic rings. The van der Waals surface area contributed by atoms with Crippen molar-refractivity contribution in [2.75, 3.05) is 5.75 Å². The van der Waals surface area contributed by atoms with Crippen LogP contribution >= 0.6 is 10.8 Å². The number of hydrogen-bond acceptors (Lipinski definition) is 5. The molecular formula is C5H8FNO5S2. The van der Waals surface area contributed by atoms with Crippen LogP contribution in [0, 0.1) is 0 Å². The third-order valence-electron chi connectivity index (χ3n) is 1.05. The van der Waals surface area contributed by atoms with Crippen molar-refractivity contribution >= 4 is 31.9 Å². The summed E-state index contributed by atoms with van der Waals surface area (Å²) < 4.78 is 32.0. The number of aliphatic carboxylic acids is 1. The number of carbonyl (C=O) groups is 2. The lowest BCUT2D eigenvalue weighted by atomic mass is 10.3. The summed E-state index contributed by atoms with van der Waals surface area (Å²) in [6, 6.07) is -1.41. The van der Waals surface area contributed by atoms with E-state index in [0.717, 1.165) is 6.92 Å². The Kier molecular flexibility index (Phi) is 4.85. The van der Waals surface area contributed by atoms with E-state index in [0.29, 0.717) is 0 Å². The number of rotatable bonds is 5. The topological polar surface area (TPSA) is 101 Å². The molecule has 6 nitrogen and oxygen atoms in total. The number of nitrogens with one attached hydrogen (secondary N) is 1. The van der Waals surface area contributed by atoms with Gasteiger partial charge in [-0.15, -0.1) is 0 Å². The molecule has 1 atom stereocenters. The van der Waals surface area contributed by atoms with Gasteiger partial charge in [-0.3, -0.25) is 4.79 Å². The molecule has 0 fully saturated rings. The first-order valence-corrected chi connectivity index (χ1v) is 6.20. The summed E-state index contributed by atoms with van der Waals surface area (Å²) in [6.45, 7) is 1.07. The van der Waals surface area contributed by atoms with Gasteiger partial charge in [-0.1, -0.05) is 3.89 Å². The van der Waals surface area contributed by atoms with Crippen LogP contribution in [-0.2, 0) is 18.8 Å². The predicted molar refractivity (Wildman–Crippen MR) is 47.7 cm³/mol. The maximum Gasteiger partial charge on any atom is 0.357 e. The number of carboxylic acid groups (broad SMARTS) is 1. The van der Waals surface area contributed by atoms with Crippen LogP contribution in [0.25, 0.3) is 0 Å².